The molecule has 3 heteroatoms. The van der Waals surface area contributed by atoms with Crippen molar-refractivity contribution in [2.45, 2.75) is 82.8 Å². The summed E-state index contributed by atoms with van der Waals surface area (Å²) in [7, 11) is 2.27. The Labute approximate surface area is 125 Å². The number of nitrogens with one attached hydrogen (secondary N) is 1. The summed E-state index contributed by atoms with van der Waals surface area (Å²) >= 11 is 0. The average Bonchev–Trinajstić information content (AvgIpc) is 3.23. The number of nitrogens with zero attached hydrogens (tertiary/aromatic N) is 1. The van der Waals surface area contributed by atoms with Crippen molar-refractivity contribution in [2.24, 2.45) is 5.92 Å². The Kier molecular flexibility index (Phi) is 5.88. The van der Waals surface area contributed by atoms with E-state index >= 15 is 0 Å². The highest BCUT2D eigenvalue weighted by molar-refractivity contribution is 5.03. The Morgan fingerprint density at radius 1 is 1.10 bits per heavy atom. The summed E-state index contributed by atoms with van der Waals surface area (Å²) in [5, 5.41) is 13.7. The average molecular weight is 282 g/mol. The molecule has 118 valence electrons. The SMILES string of the molecule is CC(C)NC(CO)(CN(C)C1CCCCCC1)C1CC1. The zero-order valence-electron chi connectivity index (χ0n) is 13.7. The number of hydrogen-bond acceptors (Lipinski definition) is 3. The quantitative estimate of drug-likeness (QED) is 0.705. The highest BCUT2D eigenvalue weighted by Gasteiger charge is 2.46. The van der Waals surface area contributed by atoms with E-state index in [2.05, 4.69) is 31.1 Å². The van der Waals surface area contributed by atoms with Gasteiger partial charge >= 0.3 is 0 Å². The van der Waals surface area contributed by atoms with Crippen LogP contribution >= 0.6 is 0 Å². The second kappa shape index (κ2) is 7.24. The number of hydrogen-bond donors (Lipinski definition) is 2. The number of likely N-dealkylation sites (N-methyl/N-ethyl adjacent to an activating group) is 1. The van der Waals surface area contributed by atoms with Gasteiger partial charge in [-0.1, -0.05) is 39.5 Å². The normalized spacial score (nSPS) is 24.9. The molecule has 0 aromatic heterocycles. The standard InChI is InChI=1S/C17H34N2O/c1-14(2)18-17(13-20,15-10-11-15)12-19(3)16-8-6-4-5-7-9-16/h14-16,18,20H,4-13H2,1-3H3. The van der Waals surface area contributed by atoms with Crippen LogP contribution in [0.25, 0.3) is 0 Å². The third-order valence-corrected chi connectivity index (χ3v) is 5.20. The van der Waals surface area contributed by atoms with Gasteiger partial charge in [0.05, 0.1) is 12.1 Å². The minimum atomic E-state index is -0.0742. The maximum atomic E-state index is 10.0. The van der Waals surface area contributed by atoms with Gasteiger partial charge in [-0.15, -0.1) is 0 Å². The van der Waals surface area contributed by atoms with Gasteiger partial charge in [0.25, 0.3) is 0 Å². The smallest absolute Gasteiger partial charge is 0.0628 e. The van der Waals surface area contributed by atoms with Gasteiger partial charge in [-0.3, -0.25) is 0 Å². The molecule has 1 unspecified atom stereocenters. The first-order valence-corrected chi connectivity index (χ1v) is 8.66. The highest BCUT2D eigenvalue weighted by atomic mass is 16.3. The van der Waals surface area contributed by atoms with Gasteiger partial charge in [0.15, 0.2) is 0 Å². The predicted molar refractivity (Wildman–Crippen MR) is 84.9 cm³/mol. The second-order valence-electron chi connectivity index (χ2n) is 7.45. The molecular formula is C17H34N2O. The molecule has 0 aliphatic heterocycles. The van der Waals surface area contributed by atoms with E-state index in [0.29, 0.717) is 12.0 Å². The van der Waals surface area contributed by atoms with Crippen LogP contribution in [0.4, 0.5) is 0 Å². The predicted octanol–water partition coefficient (Wildman–Crippen LogP) is 2.78. The zero-order chi connectivity index (χ0) is 14.6. The van der Waals surface area contributed by atoms with E-state index in [0.717, 1.165) is 12.6 Å². The Morgan fingerprint density at radius 2 is 1.70 bits per heavy atom. The summed E-state index contributed by atoms with van der Waals surface area (Å²) in [6.45, 7) is 5.65. The summed E-state index contributed by atoms with van der Waals surface area (Å²) in [5.74, 6) is 0.670. The minimum absolute atomic E-state index is 0.0742. The van der Waals surface area contributed by atoms with E-state index < -0.39 is 0 Å². The summed E-state index contributed by atoms with van der Waals surface area (Å²) in [5.41, 5.74) is -0.0742. The lowest BCUT2D eigenvalue weighted by Gasteiger charge is -2.41. The van der Waals surface area contributed by atoms with Crippen LogP contribution in [0.5, 0.6) is 0 Å². The first kappa shape index (κ1) is 16.3. The van der Waals surface area contributed by atoms with Gasteiger partial charge < -0.3 is 15.3 Å². The van der Waals surface area contributed by atoms with Gasteiger partial charge in [-0.25, -0.2) is 0 Å². The van der Waals surface area contributed by atoms with E-state index in [-0.39, 0.29) is 12.1 Å². The molecule has 2 N–H and O–H groups in total. The van der Waals surface area contributed by atoms with Crippen LogP contribution in [0.2, 0.25) is 0 Å². The molecule has 0 amide bonds. The van der Waals surface area contributed by atoms with Crippen LogP contribution in [0.3, 0.4) is 0 Å². The van der Waals surface area contributed by atoms with Crippen molar-refractivity contribution in [1.29, 1.82) is 0 Å². The molecule has 2 aliphatic rings. The molecule has 2 saturated carbocycles. The van der Waals surface area contributed by atoms with Crippen LogP contribution in [-0.4, -0.2) is 47.8 Å². The van der Waals surface area contributed by atoms with Crippen LogP contribution in [0, 0.1) is 5.92 Å². The molecular weight excluding hydrogens is 248 g/mol. The molecule has 20 heavy (non-hydrogen) atoms. The zero-order valence-corrected chi connectivity index (χ0v) is 13.7. The topological polar surface area (TPSA) is 35.5 Å². The van der Waals surface area contributed by atoms with E-state index in [9.17, 15) is 5.11 Å². The van der Waals surface area contributed by atoms with E-state index in [1.165, 1.54) is 51.4 Å². The number of aliphatic hydroxyl groups is 1. The second-order valence-corrected chi connectivity index (χ2v) is 7.45. The largest absolute Gasteiger partial charge is 0.394 e. The molecule has 0 heterocycles. The first-order chi connectivity index (χ1) is 9.57. The monoisotopic (exact) mass is 282 g/mol. The Morgan fingerprint density at radius 3 is 2.15 bits per heavy atom. The first-order valence-electron chi connectivity index (χ1n) is 8.66. The van der Waals surface area contributed by atoms with Crippen molar-refractivity contribution < 1.29 is 5.11 Å². The molecule has 0 radical (unpaired) electrons. The fraction of sp³-hybridized carbons (Fsp3) is 1.00. The van der Waals surface area contributed by atoms with Crippen LogP contribution in [-0.2, 0) is 0 Å². The van der Waals surface area contributed by atoms with E-state index in [4.69, 9.17) is 0 Å². The van der Waals surface area contributed by atoms with Crippen molar-refractivity contribution in [3.8, 4) is 0 Å². The maximum Gasteiger partial charge on any atom is 0.0628 e. The molecule has 2 aliphatic carbocycles. The third kappa shape index (κ3) is 4.19. The van der Waals surface area contributed by atoms with Crippen LogP contribution < -0.4 is 5.32 Å². The molecule has 0 aromatic carbocycles. The molecule has 0 aromatic rings. The number of aliphatic hydroxyl groups excluding tert-OH is 1. The molecule has 3 nitrogen and oxygen atoms in total. The van der Waals surface area contributed by atoms with Gasteiger partial charge in [-0.2, -0.15) is 0 Å². The van der Waals surface area contributed by atoms with Crippen molar-refractivity contribution >= 4 is 0 Å². The molecule has 1 atom stereocenters. The molecule has 2 rings (SSSR count). The summed E-state index contributed by atoms with van der Waals surface area (Å²) in [6.07, 6.45) is 10.8. The summed E-state index contributed by atoms with van der Waals surface area (Å²) in [6, 6.07) is 1.15. The Bertz CT molecular complexity index is 283. The molecule has 0 bridgehead atoms. The lowest BCUT2D eigenvalue weighted by Crippen LogP contribution is -2.60. The van der Waals surface area contributed by atoms with Gasteiger partial charge in [0.1, 0.15) is 0 Å². The third-order valence-electron chi connectivity index (χ3n) is 5.20. The highest BCUT2D eigenvalue weighted by Crippen LogP contribution is 2.40. The molecule has 0 spiro atoms. The lowest BCUT2D eigenvalue weighted by atomic mass is 9.91. The number of rotatable bonds is 7. The summed E-state index contributed by atoms with van der Waals surface area (Å²) < 4.78 is 0. The van der Waals surface area contributed by atoms with Gasteiger partial charge in [-0.05, 0) is 38.6 Å². The molecule has 2 fully saturated rings. The van der Waals surface area contributed by atoms with Crippen molar-refractivity contribution in [2.75, 3.05) is 20.2 Å². The molecule has 0 saturated heterocycles. The summed E-state index contributed by atoms with van der Waals surface area (Å²) in [4.78, 5) is 2.54. The fourth-order valence-corrected chi connectivity index (χ4v) is 4.00. The van der Waals surface area contributed by atoms with Crippen molar-refractivity contribution in [1.82, 2.24) is 10.2 Å². The maximum absolute atomic E-state index is 10.0. The van der Waals surface area contributed by atoms with Crippen LogP contribution in [0.15, 0.2) is 0 Å². The van der Waals surface area contributed by atoms with Gasteiger partial charge in [0, 0.05) is 18.6 Å². The van der Waals surface area contributed by atoms with Crippen molar-refractivity contribution in [3.05, 3.63) is 0 Å². The Balaban J connectivity index is 1.98. The van der Waals surface area contributed by atoms with Crippen LogP contribution in [0.1, 0.15) is 65.2 Å². The lowest BCUT2D eigenvalue weighted by molar-refractivity contribution is 0.0736. The van der Waals surface area contributed by atoms with E-state index in [1.54, 1.807) is 0 Å². The van der Waals surface area contributed by atoms with E-state index in [1.807, 2.05) is 0 Å². The van der Waals surface area contributed by atoms with Crippen molar-refractivity contribution in [3.63, 3.8) is 0 Å². The van der Waals surface area contributed by atoms with Gasteiger partial charge in [0.2, 0.25) is 0 Å². The minimum Gasteiger partial charge on any atom is -0.394 e. The Hall–Kier alpha value is -0.120. The fourth-order valence-electron chi connectivity index (χ4n) is 4.00.